The number of hydroxylamine groups is 1. The number of carbonyl (C=O) groups is 2. The maximum absolute atomic E-state index is 10.1. The molecular weight excluding hydrogens is 178 g/mol. The highest BCUT2D eigenvalue weighted by atomic mass is 32.2. The molecule has 0 radical (unpaired) electrons. The van der Waals surface area contributed by atoms with Gasteiger partial charge in [-0.25, -0.2) is 13.8 Å². The lowest BCUT2D eigenvalue weighted by molar-refractivity contribution is 0.0175. The van der Waals surface area contributed by atoms with Gasteiger partial charge in [-0.15, -0.1) is 0 Å². The van der Waals surface area contributed by atoms with Crippen molar-refractivity contribution >= 4 is 23.4 Å². The van der Waals surface area contributed by atoms with Crippen LogP contribution in [0.25, 0.3) is 0 Å². The summed E-state index contributed by atoms with van der Waals surface area (Å²) in [5.74, 6) is 0. The lowest BCUT2D eigenvalue weighted by Crippen LogP contribution is -2.40. The molecule has 1 atom stereocenters. The van der Waals surface area contributed by atoms with Crippen LogP contribution in [0.3, 0.4) is 0 Å². The first-order valence-electron chi connectivity index (χ1n) is 2.11. The van der Waals surface area contributed by atoms with E-state index in [0.29, 0.717) is 0 Å². The van der Waals surface area contributed by atoms with Crippen molar-refractivity contribution in [2.24, 2.45) is 11.5 Å². The number of rotatable bonds is 1. The summed E-state index contributed by atoms with van der Waals surface area (Å²) >= 11 is -3.07. The topological polar surface area (TPSA) is 139 Å². The maximum atomic E-state index is 10.1. The molecule has 0 aromatic rings. The number of primary amides is 2. The van der Waals surface area contributed by atoms with E-state index in [1.807, 2.05) is 0 Å². The highest BCUT2D eigenvalue weighted by Crippen LogP contribution is 1.92. The van der Waals surface area contributed by atoms with Crippen LogP contribution < -0.4 is 11.5 Å². The minimum atomic E-state index is -3.07. The third kappa shape index (κ3) is 3.37. The van der Waals surface area contributed by atoms with Crippen molar-refractivity contribution < 1.29 is 23.2 Å². The Hall–Kier alpha value is -1.35. The summed E-state index contributed by atoms with van der Waals surface area (Å²) in [5, 5.41) is 0. The molecule has 0 spiro atoms. The van der Waals surface area contributed by atoms with Gasteiger partial charge in [0.05, 0.1) is 11.3 Å². The van der Waals surface area contributed by atoms with Gasteiger partial charge in [0.25, 0.3) is 0 Å². The molecule has 0 saturated heterocycles. The van der Waals surface area contributed by atoms with Crippen LogP contribution >= 0.6 is 0 Å². The molecule has 0 fully saturated rings. The van der Waals surface area contributed by atoms with Gasteiger partial charge in [-0.3, -0.25) is 0 Å². The van der Waals surface area contributed by atoms with Gasteiger partial charge >= 0.3 is 12.1 Å². The third-order valence-electron chi connectivity index (χ3n) is 0.488. The fraction of sp³-hybridized carbons (Fsp3) is 0. The van der Waals surface area contributed by atoms with Crippen LogP contribution in [-0.2, 0) is 16.1 Å². The SMILES string of the molecule is NC(=O)ON(C(N)=O)S(=O)[O-]. The van der Waals surface area contributed by atoms with E-state index in [1.165, 1.54) is 0 Å². The Morgan fingerprint density at radius 2 is 1.91 bits per heavy atom. The van der Waals surface area contributed by atoms with Crippen LogP contribution in [-0.4, -0.2) is 25.4 Å². The normalized spacial score (nSPS) is 11.7. The fourth-order valence-electron chi connectivity index (χ4n) is 0.231. The van der Waals surface area contributed by atoms with Crippen LogP contribution in [0.15, 0.2) is 0 Å². The molecule has 0 aromatic heterocycles. The molecule has 8 nitrogen and oxygen atoms in total. The molecule has 0 aromatic carbocycles. The summed E-state index contributed by atoms with van der Waals surface area (Å²) in [6.45, 7) is 0. The minimum Gasteiger partial charge on any atom is -0.753 e. The van der Waals surface area contributed by atoms with Gasteiger partial charge in [-0.05, 0) is 0 Å². The second kappa shape index (κ2) is 3.73. The van der Waals surface area contributed by atoms with E-state index in [9.17, 15) is 18.4 Å². The molecule has 4 N–H and O–H groups in total. The standard InChI is InChI=1S/C2H5N3O5S/c3-1(6)5(11(8)9)10-2(4)7/h(H2,3,6)(H2,4,7)(H,8,9)/p-1. The highest BCUT2D eigenvalue weighted by molar-refractivity contribution is 7.77. The van der Waals surface area contributed by atoms with Crippen LogP contribution in [0.5, 0.6) is 0 Å². The predicted molar refractivity (Wildman–Crippen MR) is 31.0 cm³/mol. The predicted octanol–water partition coefficient (Wildman–Crippen LogP) is -1.83. The highest BCUT2D eigenvalue weighted by Gasteiger charge is 2.13. The van der Waals surface area contributed by atoms with E-state index in [-0.39, 0.29) is 4.47 Å². The lowest BCUT2D eigenvalue weighted by Gasteiger charge is -2.18. The quantitative estimate of drug-likeness (QED) is 0.362. The van der Waals surface area contributed by atoms with E-state index in [0.717, 1.165) is 0 Å². The maximum Gasteiger partial charge on any atom is 0.430 e. The summed E-state index contributed by atoms with van der Waals surface area (Å²) in [5.41, 5.74) is 8.83. The number of hydrogen-bond donors (Lipinski definition) is 2. The molecule has 0 aliphatic rings. The summed E-state index contributed by atoms with van der Waals surface area (Å²) in [7, 11) is 0. The average molecular weight is 182 g/mol. The van der Waals surface area contributed by atoms with E-state index >= 15 is 0 Å². The Balaban J connectivity index is 4.23. The Morgan fingerprint density at radius 1 is 1.45 bits per heavy atom. The van der Waals surface area contributed by atoms with E-state index in [2.05, 4.69) is 16.3 Å². The zero-order valence-electron chi connectivity index (χ0n) is 5.05. The van der Waals surface area contributed by atoms with Crippen molar-refractivity contribution in [2.75, 3.05) is 0 Å². The lowest BCUT2D eigenvalue weighted by atomic mass is 11.1. The number of urea groups is 1. The Kier molecular flexibility index (Phi) is 3.27. The molecule has 0 bridgehead atoms. The molecule has 64 valence electrons. The van der Waals surface area contributed by atoms with E-state index < -0.39 is 23.4 Å². The smallest absolute Gasteiger partial charge is 0.430 e. The largest absolute Gasteiger partial charge is 0.753 e. The zero-order chi connectivity index (χ0) is 9.02. The van der Waals surface area contributed by atoms with Crippen molar-refractivity contribution in [3.05, 3.63) is 0 Å². The third-order valence-corrected chi connectivity index (χ3v) is 1.01. The van der Waals surface area contributed by atoms with Gasteiger partial charge < -0.3 is 20.9 Å². The van der Waals surface area contributed by atoms with Crippen LogP contribution in [0.2, 0.25) is 0 Å². The van der Waals surface area contributed by atoms with E-state index in [1.54, 1.807) is 0 Å². The first-order valence-corrected chi connectivity index (χ1v) is 3.14. The molecule has 0 aliphatic carbocycles. The molecular formula is C2H4N3O5S-. The molecule has 0 aliphatic heterocycles. The summed E-state index contributed by atoms with van der Waals surface area (Å²) in [4.78, 5) is 23.7. The molecule has 1 unspecified atom stereocenters. The number of hydrogen-bond acceptors (Lipinski definition) is 5. The molecule has 0 saturated carbocycles. The van der Waals surface area contributed by atoms with Gasteiger partial charge in [0.1, 0.15) is 0 Å². The Morgan fingerprint density at radius 3 is 2.00 bits per heavy atom. The Bertz CT molecular complexity index is 190. The zero-order valence-corrected chi connectivity index (χ0v) is 5.87. The van der Waals surface area contributed by atoms with Crippen molar-refractivity contribution in [3.63, 3.8) is 0 Å². The van der Waals surface area contributed by atoms with Crippen molar-refractivity contribution in [1.29, 1.82) is 0 Å². The van der Waals surface area contributed by atoms with Crippen molar-refractivity contribution in [1.82, 2.24) is 4.47 Å². The first kappa shape index (κ1) is 9.65. The number of nitrogens with zero attached hydrogens (tertiary/aromatic N) is 1. The molecule has 11 heavy (non-hydrogen) atoms. The molecule has 3 amide bonds. The van der Waals surface area contributed by atoms with Crippen LogP contribution in [0.4, 0.5) is 9.59 Å². The number of amides is 3. The fourth-order valence-corrected chi connectivity index (χ4v) is 0.512. The van der Waals surface area contributed by atoms with Gasteiger partial charge in [0.15, 0.2) is 0 Å². The average Bonchev–Trinajstić information content (AvgIpc) is 1.81. The van der Waals surface area contributed by atoms with Gasteiger partial charge in [-0.2, -0.15) is 0 Å². The second-order valence-corrected chi connectivity index (χ2v) is 1.99. The van der Waals surface area contributed by atoms with Gasteiger partial charge in [0.2, 0.25) is 0 Å². The summed E-state index contributed by atoms with van der Waals surface area (Å²) in [6, 6.07) is -1.46. The van der Waals surface area contributed by atoms with E-state index in [4.69, 9.17) is 0 Å². The monoisotopic (exact) mass is 182 g/mol. The summed E-state index contributed by atoms with van der Waals surface area (Å²) < 4.78 is 19.6. The minimum absolute atomic E-state index is 0.387. The molecule has 0 heterocycles. The van der Waals surface area contributed by atoms with Crippen LogP contribution in [0, 0.1) is 0 Å². The van der Waals surface area contributed by atoms with Crippen LogP contribution in [0.1, 0.15) is 0 Å². The molecule has 0 rings (SSSR count). The number of carbonyl (C=O) groups excluding carboxylic acids is 2. The van der Waals surface area contributed by atoms with Crippen molar-refractivity contribution in [3.8, 4) is 0 Å². The van der Waals surface area contributed by atoms with Gasteiger partial charge in [0, 0.05) is 0 Å². The summed E-state index contributed by atoms with van der Waals surface area (Å²) in [6.07, 6.45) is -1.45. The van der Waals surface area contributed by atoms with Gasteiger partial charge in [-0.1, -0.05) is 4.47 Å². The second-order valence-electron chi connectivity index (χ2n) is 1.22. The first-order chi connectivity index (χ1) is 4.95. The number of nitrogens with two attached hydrogens (primary N) is 2. The Labute approximate surface area is 63.4 Å². The molecule has 9 heteroatoms. The van der Waals surface area contributed by atoms with Crippen molar-refractivity contribution in [2.45, 2.75) is 0 Å².